The standard InChI is InChI=1S/C14H15ClN2O3/c1-10(7-13-3-2-6-20-13)16-9-11-4-5-12(15)8-14(11)17(18)19/h2-6,8,10,16H,7,9H2,1H3. The highest BCUT2D eigenvalue weighted by Gasteiger charge is 2.15. The van der Waals surface area contributed by atoms with E-state index in [2.05, 4.69) is 5.32 Å². The van der Waals surface area contributed by atoms with Crippen molar-refractivity contribution in [2.45, 2.75) is 25.9 Å². The minimum atomic E-state index is -0.417. The Kier molecular flexibility index (Phi) is 4.76. The largest absolute Gasteiger partial charge is 0.469 e. The Morgan fingerprint density at radius 2 is 2.25 bits per heavy atom. The van der Waals surface area contributed by atoms with E-state index in [1.807, 2.05) is 19.1 Å². The lowest BCUT2D eigenvalue weighted by Gasteiger charge is -2.12. The second-order valence-electron chi connectivity index (χ2n) is 4.60. The van der Waals surface area contributed by atoms with Crippen LogP contribution in [0.1, 0.15) is 18.2 Å². The second kappa shape index (κ2) is 6.54. The van der Waals surface area contributed by atoms with E-state index in [0.717, 1.165) is 12.2 Å². The highest BCUT2D eigenvalue weighted by molar-refractivity contribution is 6.30. The molecule has 2 aromatic rings. The van der Waals surface area contributed by atoms with Crippen LogP contribution in [0.2, 0.25) is 5.02 Å². The zero-order valence-electron chi connectivity index (χ0n) is 11.0. The minimum Gasteiger partial charge on any atom is -0.469 e. The summed E-state index contributed by atoms with van der Waals surface area (Å²) in [6.07, 6.45) is 2.36. The maximum absolute atomic E-state index is 11.0. The monoisotopic (exact) mass is 294 g/mol. The van der Waals surface area contributed by atoms with Gasteiger partial charge in [0.15, 0.2) is 0 Å². The van der Waals surface area contributed by atoms with Gasteiger partial charge in [0.25, 0.3) is 5.69 Å². The molecule has 0 saturated carbocycles. The van der Waals surface area contributed by atoms with Gasteiger partial charge in [-0.05, 0) is 31.2 Å². The van der Waals surface area contributed by atoms with Gasteiger partial charge in [0.1, 0.15) is 5.76 Å². The number of nitrogens with zero attached hydrogens (tertiary/aromatic N) is 1. The first kappa shape index (κ1) is 14.6. The van der Waals surface area contributed by atoms with Crippen molar-refractivity contribution in [3.8, 4) is 0 Å². The van der Waals surface area contributed by atoms with Crippen LogP contribution in [0.5, 0.6) is 0 Å². The molecule has 1 aromatic heterocycles. The molecule has 0 radical (unpaired) electrons. The number of hydrogen-bond donors (Lipinski definition) is 1. The lowest BCUT2D eigenvalue weighted by molar-refractivity contribution is -0.385. The molecule has 1 atom stereocenters. The number of halogens is 1. The number of benzene rings is 1. The Balaban J connectivity index is 1.98. The number of furan rings is 1. The zero-order valence-corrected chi connectivity index (χ0v) is 11.8. The van der Waals surface area contributed by atoms with Gasteiger partial charge in [-0.25, -0.2) is 0 Å². The molecule has 2 rings (SSSR count). The molecular formula is C14H15ClN2O3. The Hall–Kier alpha value is -1.85. The van der Waals surface area contributed by atoms with Crippen LogP contribution in [0.4, 0.5) is 5.69 Å². The van der Waals surface area contributed by atoms with Crippen LogP contribution in [0.15, 0.2) is 41.0 Å². The molecule has 0 aliphatic heterocycles. The fourth-order valence-electron chi connectivity index (χ4n) is 1.94. The molecule has 5 nitrogen and oxygen atoms in total. The van der Waals surface area contributed by atoms with Crippen LogP contribution in [-0.2, 0) is 13.0 Å². The van der Waals surface area contributed by atoms with E-state index in [1.54, 1.807) is 18.4 Å². The minimum absolute atomic E-state index is 0.0372. The quantitative estimate of drug-likeness (QED) is 0.653. The van der Waals surface area contributed by atoms with Crippen molar-refractivity contribution in [2.75, 3.05) is 0 Å². The maximum Gasteiger partial charge on any atom is 0.275 e. The van der Waals surface area contributed by atoms with Gasteiger partial charge in [-0.15, -0.1) is 0 Å². The summed E-state index contributed by atoms with van der Waals surface area (Å²) in [5, 5.41) is 14.6. The van der Waals surface area contributed by atoms with Crippen LogP contribution in [0.3, 0.4) is 0 Å². The topological polar surface area (TPSA) is 68.3 Å². The van der Waals surface area contributed by atoms with Crippen molar-refractivity contribution >= 4 is 17.3 Å². The maximum atomic E-state index is 11.0. The van der Waals surface area contributed by atoms with E-state index in [9.17, 15) is 10.1 Å². The molecular weight excluding hydrogens is 280 g/mol. The summed E-state index contributed by atoms with van der Waals surface area (Å²) in [7, 11) is 0. The number of hydrogen-bond acceptors (Lipinski definition) is 4. The average Bonchev–Trinajstić information content (AvgIpc) is 2.90. The van der Waals surface area contributed by atoms with Crippen LogP contribution in [-0.4, -0.2) is 11.0 Å². The van der Waals surface area contributed by atoms with Gasteiger partial charge in [0.2, 0.25) is 0 Å². The third kappa shape index (κ3) is 3.82. The van der Waals surface area contributed by atoms with E-state index in [-0.39, 0.29) is 11.7 Å². The van der Waals surface area contributed by atoms with Gasteiger partial charge in [-0.3, -0.25) is 10.1 Å². The zero-order chi connectivity index (χ0) is 14.5. The molecule has 0 aliphatic rings. The van der Waals surface area contributed by atoms with Gasteiger partial charge in [-0.2, -0.15) is 0 Å². The molecule has 0 bridgehead atoms. The molecule has 20 heavy (non-hydrogen) atoms. The first-order valence-corrected chi connectivity index (χ1v) is 6.62. The van der Waals surface area contributed by atoms with Crippen molar-refractivity contribution in [1.82, 2.24) is 5.32 Å². The highest BCUT2D eigenvalue weighted by atomic mass is 35.5. The van der Waals surface area contributed by atoms with E-state index in [0.29, 0.717) is 17.1 Å². The Morgan fingerprint density at radius 1 is 1.45 bits per heavy atom. The highest BCUT2D eigenvalue weighted by Crippen LogP contribution is 2.23. The third-order valence-electron chi connectivity index (χ3n) is 2.97. The summed E-state index contributed by atoms with van der Waals surface area (Å²) in [5.41, 5.74) is 0.654. The first-order chi connectivity index (χ1) is 9.56. The molecule has 106 valence electrons. The first-order valence-electron chi connectivity index (χ1n) is 6.25. The van der Waals surface area contributed by atoms with Gasteiger partial charge in [-0.1, -0.05) is 11.6 Å². The summed E-state index contributed by atoms with van der Waals surface area (Å²) >= 11 is 5.78. The molecule has 6 heteroatoms. The molecule has 1 heterocycles. The molecule has 0 saturated heterocycles. The van der Waals surface area contributed by atoms with E-state index in [4.69, 9.17) is 16.0 Å². The van der Waals surface area contributed by atoms with Crippen LogP contribution < -0.4 is 5.32 Å². The molecule has 1 unspecified atom stereocenters. The molecule has 0 spiro atoms. The van der Waals surface area contributed by atoms with Crippen molar-refractivity contribution in [3.63, 3.8) is 0 Å². The van der Waals surface area contributed by atoms with E-state index >= 15 is 0 Å². The fraction of sp³-hybridized carbons (Fsp3) is 0.286. The van der Waals surface area contributed by atoms with Gasteiger partial charge < -0.3 is 9.73 Å². The Labute approximate surface area is 121 Å². The fourth-order valence-corrected chi connectivity index (χ4v) is 2.11. The Morgan fingerprint density at radius 3 is 2.90 bits per heavy atom. The second-order valence-corrected chi connectivity index (χ2v) is 5.03. The van der Waals surface area contributed by atoms with Crippen LogP contribution >= 0.6 is 11.6 Å². The van der Waals surface area contributed by atoms with Crippen molar-refractivity contribution in [2.24, 2.45) is 0 Å². The summed E-state index contributed by atoms with van der Waals surface area (Å²) in [4.78, 5) is 10.6. The number of rotatable bonds is 6. The third-order valence-corrected chi connectivity index (χ3v) is 3.21. The summed E-state index contributed by atoms with van der Waals surface area (Å²) < 4.78 is 5.27. The summed E-state index contributed by atoms with van der Waals surface area (Å²) in [5.74, 6) is 0.885. The summed E-state index contributed by atoms with van der Waals surface area (Å²) in [6.45, 7) is 2.42. The predicted octanol–water partition coefficient (Wildman–Crippen LogP) is 3.56. The van der Waals surface area contributed by atoms with Gasteiger partial charge in [0, 0.05) is 35.7 Å². The number of nitrogens with one attached hydrogen (secondary N) is 1. The summed E-state index contributed by atoms with van der Waals surface area (Å²) in [6, 6.07) is 8.59. The number of nitro benzene ring substituents is 1. The van der Waals surface area contributed by atoms with E-state index in [1.165, 1.54) is 6.07 Å². The van der Waals surface area contributed by atoms with Gasteiger partial charge >= 0.3 is 0 Å². The molecule has 1 N–H and O–H groups in total. The van der Waals surface area contributed by atoms with Crippen molar-refractivity contribution in [1.29, 1.82) is 0 Å². The number of nitro groups is 1. The predicted molar refractivity (Wildman–Crippen MR) is 76.8 cm³/mol. The van der Waals surface area contributed by atoms with Gasteiger partial charge in [0.05, 0.1) is 11.2 Å². The SMILES string of the molecule is CC(Cc1ccco1)NCc1ccc(Cl)cc1[N+](=O)[O-]. The van der Waals surface area contributed by atoms with Crippen LogP contribution in [0, 0.1) is 10.1 Å². The molecule has 0 fully saturated rings. The van der Waals surface area contributed by atoms with Crippen molar-refractivity contribution < 1.29 is 9.34 Å². The smallest absolute Gasteiger partial charge is 0.275 e. The van der Waals surface area contributed by atoms with Crippen LogP contribution in [0.25, 0.3) is 0 Å². The van der Waals surface area contributed by atoms with E-state index < -0.39 is 4.92 Å². The lowest BCUT2D eigenvalue weighted by atomic mass is 10.1. The van der Waals surface area contributed by atoms with Crippen molar-refractivity contribution in [3.05, 3.63) is 63.1 Å². The normalized spacial score (nSPS) is 12.3. The average molecular weight is 295 g/mol. The Bertz CT molecular complexity index is 584. The molecule has 0 aliphatic carbocycles. The molecule has 0 amide bonds. The molecule has 1 aromatic carbocycles. The lowest BCUT2D eigenvalue weighted by Crippen LogP contribution is -2.27.